The van der Waals surface area contributed by atoms with Crippen LogP contribution in [0.25, 0.3) is 0 Å². The van der Waals surface area contributed by atoms with E-state index in [1.807, 2.05) is 44.3 Å². The Kier molecular flexibility index (Phi) is 5.71. The first-order chi connectivity index (χ1) is 11.3. The minimum atomic E-state index is -3.73. The molecule has 0 radical (unpaired) electrons. The van der Waals surface area contributed by atoms with Crippen molar-refractivity contribution in [1.29, 1.82) is 0 Å². The van der Waals surface area contributed by atoms with Crippen molar-refractivity contribution in [2.75, 3.05) is 12.4 Å². The number of sulfonamides is 1. The highest BCUT2D eigenvalue weighted by molar-refractivity contribution is 7.89. The summed E-state index contributed by atoms with van der Waals surface area (Å²) in [7, 11) is -1.77. The standard InChI is InChI=1S/C17H21N3O3S/c1-13(20(2)12-14-6-4-3-5-7-14)17(21)19-15-8-10-16(11-9-15)24(18,22)23/h3-11,13H,12H2,1-2H3,(H,19,21)(H2,18,22,23)/p+1/t13-/m0/s1. The van der Waals surface area contributed by atoms with Crippen molar-refractivity contribution in [3.8, 4) is 0 Å². The molecule has 0 spiro atoms. The van der Waals surface area contributed by atoms with Crippen LogP contribution in [0.4, 0.5) is 5.69 Å². The average molecular weight is 348 g/mol. The molecule has 0 bridgehead atoms. The van der Waals surface area contributed by atoms with E-state index >= 15 is 0 Å². The zero-order valence-electron chi connectivity index (χ0n) is 13.7. The second-order valence-corrected chi connectivity index (χ2v) is 7.35. The Balaban J connectivity index is 1.98. The molecule has 0 aliphatic carbocycles. The molecule has 0 aliphatic heterocycles. The smallest absolute Gasteiger partial charge is 0.282 e. The summed E-state index contributed by atoms with van der Waals surface area (Å²) < 4.78 is 22.4. The number of nitrogens with one attached hydrogen (secondary N) is 2. The number of amides is 1. The third-order valence-electron chi connectivity index (χ3n) is 3.91. The molecule has 0 saturated heterocycles. The summed E-state index contributed by atoms with van der Waals surface area (Å²) in [6, 6.07) is 15.5. The molecule has 2 rings (SSSR count). The van der Waals surface area contributed by atoms with Crippen LogP contribution in [0.15, 0.2) is 59.5 Å². The zero-order chi connectivity index (χ0) is 17.7. The van der Waals surface area contributed by atoms with Gasteiger partial charge in [0, 0.05) is 11.3 Å². The van der Waals surface area contributed by atoms with Crippen molar-refractivity contribution in [1.82, 2.24) is 0 Å². The quantitative estimate of drug-likeness (QED) is 0.704. The van der Waals surface area contributed by atoms with E-state index < -0.39 is 10.0 Å². The zero-order valence-corrected chi connectivity index (χ0v) is 14.5. The fourth-order valence-electron chi connectivity index (χ4n) is 2.27. The van der Waals surface area contributed by atoms with Gasteiger partial charge in [0.05, 0.1) is 11.9 Å². The maximum atomic E-state index is 12.4. The van der Waals surface area contributed by atoms with E-state index in [2.05, 4.69) is 5.32 Å². The number of hydrogen-bond acceptors (Lipinski definition) is 3. The Bertz CT molecular complexity index is 790. The Morgan fingerprint density at radius 2 is 1.71 bits per heavy atom. The van der Waals surface area contributed by atoms with Gasteiger partial charge in [0.15, 0.2) is 6.04 Å². The first-order valence-electron chi connectivity index (χ1n) is 7.57. The summed E-state index contributed by atoms with van der Waals surface area (Å²) in [6.07, 6.45) is 0. The molecule has 2 aromatic carbocycles. The van der Waals surface area contributed by atoms with Gasteiger partial charge in [0.25, 0.3) is 5.91 Å². The lowest BCUT2D eigenvalue weighted by Gasteiger charge is -2.21. The normalized spacial score (nSPS) is 14.0. The highest BCUT2D eigenvalue weighted by atomic mass is 32.2. The molecular formula is C17H22N3O3S+. The van der Waals surface area contributed by atoms with E-state index in [1.54, 1.807) is 0 Å². The summed E-state index contributed by atoms with van der Waals surface area (Å²) in [6.45, 7) is 2.59. The van der Waals surface area contributed by atoms with Gasteiger partial charge in [-0.3, -0.25) is 4.79 Å². The monoisotopic (exact) mass is 348 g/mol. The van der Waals surface area contributed by atoms with E-state index in [1.165, 1.54) is 24.3 Å². The van der Waals surface area contributed by atoms with Gasteiger partial charge in [-0.1, -0.05) is 30.3 Å². The third-order valence-corrected chi connectivity index (χ3v) is 4.84. The van der Waals surface area contributed by atoms with Gasteiger partial charge >= 0.3 is 0 Å². The van der Waals surface area contributed by atoms with E-state index in [4.69, 9.17) is 5.14 Å². The second-order valence-electron chi connectivity index (χ2n) is 5.79. The summed E-state index contributed by atoms with van der Waals surface area (Å²) in [5.41, 5.74) is 1.69. The Labute approximate surface area is 142 Å². The summed E-state index contributed by atoms with van der Waals surface area (Å²) in [5.74, 6) is -0.133. The van der Waals surface area contributed by atoms with Crippen LogP contribution < -0.4 is 15.4 Å². The highest BCUT2D eigenvalue weighted by Crippen LogP contribution is 2.12. The molecule has 0 saturated carbocycles. The molecule has 6 nitrogen and oxygen atoms in total. The van der Waals surface area contributed by atoms with Crippen LogP contribution in [0.1, 0.15) is 12.5 Å². The van der Waals surface area contributed by atoms with Crippen molar-refractivity contribution < 1.29 is 18.1 Å². The minimum Gasteiger partial charge on any atom is -0.324 e. The maximum absolute atomic E-state index is 12.4. The fourth-order valence-corrected chi connectivity index (χ4v) is 2.79. The first-order valence-corrected chi connectivity index (χ1v) is 9.12. The van der Waals surface area contributed by atoms with Gasteiger partial charge in [0.1, 0.15) is 6.54 Å². The molecule has 4 N–H and O–H groups in total. The number of quaternary nitrogens is 1. The number of carbonyl (C=O) groups is 1. The molecule has 0 fully saturated rings. The maximum Gasteiger partial charge on any atom is 0.282 e. The summed E-state index contributed by atoms with van der Waals surface area (Å²) in [5, 5.41) is 7.84. The summed E-state index contributed by atoms with van der Waals surface area (Å²) in [4.78, 5) is 13.4. The van der Waals surface area contributed by atoms with E-state index in [0.29, 0.717) is 5.69 Å². The van der Waals surface area contributed by atoms with Crippen LogP contribution in [-0.2, 0) is 21.4 Å². The van der Waals surface area contributed by atoms with Gasteiger partial charge in [-0.15, -0.1) is 0 Å². The molecule has 0 aromatic heterocycles. The first kappa shape index (κ1) is 18.1. The van der Waals surface area contributed by atoms with Gasteiger partial charge in [0.2, 0.25) is 10.0 Å². The topological polar surface area (TPSA) is 93.7 Å². The van der Waals surface area contributed by atoms with Gasteiger partial charge in [-0.05, 0) is 31.2 Å². The van der Waals surface area contributed by atoms with Crippen LogP contribution >= 0.6 is 0 Å². The predicted molar refractivity (Wildman–Crippen MR) is 92.9 cm³/mol. The molecule has 0 aliphatic rings. The molecule has 24 heavy (non-hydrogen) atoms. The van der Waals surface area contributed by atoms with E-state index in [9.17, 15) is 13.2 Å². The largest absolute Gasteiger partial charge is 0.324 e. The number of anilines is 1. The van der Waals surface area contributed by atoms with Crippen LogP contribution in [0.2, 0.25) is 0 Å². The number of rotatable bonds is 6. The number of benzene rings is 2. The molecule has 0 heterocycles. The van der Waals surface area contributed by atoms with Crippen LogP contribution in [0.5, 0.6) is 0 Å². The van der Waals surface area contributed by atoms with Crippen LogP contribution in [0.3, 0.4) is 0 Å². The third kappa shape index (κ3) is 4.89. The average Bonchev–Trinajstić information content (AvgIpc) is 2.54. The van der Waals surface area contributed by atoms with Gasteiger partial charge < -0.3 is 10.2 Å². The van der Waals surface area contributed by atoms with E-state index in [0.717, 1.165) is 17.0 Å². The molecule has 7 heteroatoms. The SMILES string of the molecule is C[C@@H](C(=O)Nc1ccc(S(N)(=O)=O)cc1)[NH+](C)Cc1ccccc1. The molecule has 2 aromatic rings. The molecule has 2 atom stereocenters. The van der Waals surface area contributed by atoms with Crippen molar-refractivity contribution in [2.45, 2.75) is 24.4 Å². The lowest BCUT2D eigenvalue weighted by Crippen LogP contribution is -3.12. The lowest BCUT2D eigenvalue weighted by atomic mass is 10.2. The Hall–Kier alpha value is -2.22. The van der Waals surface area contributed by atoms with Gasteiger partial charge in [-0.2, -0.15) is 0 Å². The number of likely N-dealkylation sites (N-methyl/N-ethyl adjacent to an activating group) is 1. The fraction of sp³-hybridized carbons (Fsp3) is 0.235. The number of nitrogens with two attached hydrogens (primary N) is 1. The molecule has 1 unspecified atom stereocenters. The highest BCUT2D eigenvalue weighted by Gasteiger charge is 2.22. The second kappa shape index (κ2) is 7.57. The Morgan fingerprint density at radius 1 is 1.12 bits per heavy atom. The predicted octanol–water partition coefficient (Wildman–Crippen LogP) is 0.376. The van der Waals surface area contributed by atoms with Crippen LogP contribution in [-0.4, -0.2) is 27.4 Å². The minimum absolute atomic E-state index is 0.0142. The molecule has 128 valence electrons. The number of hydrogen-bond donors (Lipinski definition) is 3. The van der Waals surface area contributed by atoms with Crippen molar-refractivity contribution in [3.63, 3.8) is 0 Å². The van der Waals surface area contributed by atoms with Crippen molar-refractivity contribution in [2.24, 2.45) is 5.14 Å². The number of carbonyl (C=O) groups excluding carboxylic acids is 1. The number of primary sulfonamides is 1. The van der Waals surface area contributed by atoms with E-state index in [-0.39, 0.29) is 16.8 Å². The Morgan fingerprint density at radius 3 is 2.25 bits per heavy atom. The van der Waals surface area contributed by atoms with Gasteiger partial charge in [-0.25, -0.2) is 13.6 Å². The van der Waals surface area contributed by atoms with Crippen molar-refractivity contribution in [3.05, 3.63) is 60.2 Å². The summed E-state index contributed by atoms with van der Waals surface area (Å²) >= 11 is 0. The molecule has 1 amide bonds. The molecular weight excluding hydrogens is 326 g/mol. The lowest BCUT2D eigenvalue weighted by molar-refractivity contribution is -0.907. The van der Waals surface area contributed by atoms with Crippen molar-refractivity contribution >= 4 is 21.6 Å². The van der Waals surface area contributed by atoms with Crippen LogP contribution in [0, 0.1) is 0 Å².